The number of carbonyl (C=O) groups excluding carboxylic acids is 2. The Morgan fingerprint density at radius 1 is 0.917 bits per heavy atom. The number of rotatable bonds is 5. The summed E-state index contributed by atoms with van der Waals surface area (Å²) in [5.74, 6) is 0.164. The Hall–Kier alpha value is -4.79. The van der Waals surface area contributed by atoms with E-state index < -0.39 is 5.91 Å². The normalized spacial score (nSPS) is 13.0. The Morgan fingerprint density at radius 2 is 1.69 bits per heavy atom. The van der Waals surface area contributed by atoms with Gasteiger partial charge in [-0.05, 0) is 29.7 Å². The first-order valence-electron chi connectivity index (χ1n) is 11.7. The summed E-state index contributed by atoms with van der Waals surface area (Å²) in [6.07, 6.45) is 6.12. The van der Waals surface area contributed by atoms with Crippen LogP contribution < -0.4 is 5.32 Å². The number of hydrogen-bond acceptors (Lipinski definition) is 5. The number of likely N-dealkylation sites (tertiary alicyclic amines) is 1. The van der Waals surface area contributed by atoms with Gasteiger partial charge in [-0.25, -0.2) is 4.98 Å². The molecule has 9 nitrogen and oxygen atoms in total. The van der Waals surface area contributed by atoms with Crippen molar-refractivity contribution in [3.05, 3.63) is 90.5 Å². The lowest BCUT2D eigenvalue weighted by molar-refractivity contribution is 0.0648. The standard InChI is InChI=1S/C27H23N7O2/c1-32-24(21(16-28-32)26(36)33-12-6-13-33)25(35)30-23-11-14-34-17-22(29-27(34)31-23)20-10-5-9-19(15-20)18-7-3-2-4-8-18/h2-5,7-11,14-17H,6,12-13H2,1H3,(H,29,30,31,35). The van der Waals surface area contributed by atoms with Crippen molar-refractivity contribution in [2.45, 2.75) is 6.42 Å². The van der Waals surface area contributed by atoms with Crippen LogP contribution in [0.2, 0.25) is 0 Å². The highest BCUT2D eigenvalue weighted by Crippen LogP contribution is 2.26. The molecule has 2 amide bonds. The first-order chi connectivity index (χ1) is 17.6. The fourth-order valence-corrected chi connectivity index (χ4v) is 4.30. The fourth-order valence-electron chi connectivity index (χ4n) is 4.30. The molecule has 178 valence electrons. The van der Waals surface area contributed by atoms with Gasteiger partial charge in [0.2, 0.25) is 5.78 Å². The number of amides is 2. The number of nitrogens with one attached hydrogen (secondary N) is 1. The average Bonchev–Trinajstić information content (AvgIpc) is 3.47. The maximum Gasteiger partial charge on any atom is 0.275 e. The monoisotopic (exact) mass is 477 g/mol. The van der Waals surface area contributed by atoms with Crippen molar-refractivity contribution in [3.8, 4) is 22.4 Å². The number of hydrogen-bond donors (Lipinski definition) is 1. The van der Waals surface area contributed by atoms with Gasteiger partial charge in [-0.15, -0.1) is 0 Å². The molecule has 6 rings (SSSR count). The molecule has 2 aromatic carbocycles. The largest absolute Gasteiger partial charge is 0.338 e. The molecular weight excluding hydrogens is 454 g/mol. The zero-order valence-electron chi connectivity index (χ0n) is 19.6. The van der Waals surface area contributed by atoms with Crippen LogP contribution in [0.4, 0.5) is 5.82 Å². The van der Waals surface area contributed by atoms with Crippen molar-refractivity contribution in [2.75, 3.05) is 18.4 Å². The molecule has 36 heavy (non-hydrogen) atoms. The molecular formula is C27H23N7O2. The van der Waals surface area contributed by atoms with Gasteiger partial charge in [-0.1, -0.05) is 48.5 Å². The molecule has 0 aliphatic carbocycles. The number of carbonyl (C=O) groups is 2. The molecule has 1 N–H and O–H groups in total. The molecule has 1 aliphatic rings. The molecule has 0 radical (unpaired) electrons. The van der Waals surface area contributed by atoms with E-state index in [1.165, 1.54) is 10.9 Å². The first kappa shape index (κ1) is 21.7. The molecule has 0 unspecified atom stereocenters. The number of aromatic nitrogens is 5. The van der Waals surface area contributed by atoms with E-state index in [-0.39, 0.29) is 17.2 Å². The third kappa shape index (κ3) is 3.90. The summed E-state index contributed by atoms with van der Waals surface area (Å²) in [5, 5.41) is 6.92. The molecule has 3 aromatic heterocycles. The Morgan fingerprint density at radius 3 is 2.47 bits per heavy atom. The van der Waals surface area contributed by atoms with Crippen LogP contribution >= 0.6 is 0 Å². The quantitative estimate of drug-likeness (QED) is 0.414. The summed E-state index contributed by atoms with van der Waals surface area (Å²) in [7, 11) is 1.64. The minimum Gasteiger partial charge on any atom is -0.338 e. The van der Waals surface area contributed by atoms with Gasteiger partial charge in [-0.2, -0.15) is 10.1 Å². The first-order valence-corrected chi connectivity index (χ1v) is 11.7. The van der Waals surface area contributed by atoms with Crippen LogP contribution in [0, 0.1) is 0 Å². The number of nitrogens with zero attached hydrogens (tertiary/aromatic N) is 6. The van der Waals surface area contributed by atoms with E-state index in [1.807, 2.05) is 40.9 Å². The lowest BCUT2D eigenvalue weighted by Gasteiger charge is -2.30. The van der Waals surface area contributed by atoms with Crippen LogP contribution in [0.15, 0.2) is 79.3 Å². The van der Waals surface area contributed by atoms with Crippen LogP contribution in [0.3, 0.4) is 0 Å². The molecule has 0 saturated carbocycles. The second kappa shape index (κ2) is 8.77. The lowest BCUT2D eigenvalue weighted by Crippen LogP contribution is -2.42. The van der Waals surface area contributed by atoms with E-state index >= 15 is 0 Å². The van der Waals surface area contributed by atoms with Crippen LogP contribution in [-0.2, 0) is 7.05 Å². The average molecular weight is 478 g/mol. The van der Waals surface area contributed by atoms with Crippen molar-refractivity contribution in [1.82, 2.24) is 29.0 Å². The van der Waals surface area contributed by atoms with Gasteiger partial charge in [0.25, 0.3) is 11.8 Å². The van der Waals surface area contributed by atoms with Crippen LogP contribution in [0.5, 0.6) is 0 Å². The van der Waals surface area contributed by atoms with E-state index in [0.29, 0.717) is 24.7 Å². The minimum absolute atomic E-state index is 0.182. The van der Waals surface area contributed by atoms with Gasteiger partial charge >= 0.3 is 0 Å². The maximum atomic E-state index is 13.1. The number of aryl methyl sites for hydroxylation is 1. The summed E-state index contributed by atoms with van der Waals surface area (Å²) in [6, 6.07) is 20.1. The third-order valence-corrected chi connectivity index (χ3v) is 6.36. The van der Waals surface area contributed by atoms with Gasteiger partial charge in [-0.3, -0.25) is 18.7 Å². The van der Waals surface area contributed by atoms with Crippen molar-refractivity contribution >= 4 is 23.4 Å². The zero-order valence-corrected chi connectivity index (χ0v) is 19.6. The van der Waals surface area contributed by atoms with Crippen molar-refractivity contribution in [2.24, 2.45) is 7.05 Å². The van der Waals surface area contributed by atoms with Crippen molar-refractivity contribution < 1.29 is 9.59 Å². The number of fused-ring (bicyclic) bond motifs is 1. The SMILES string of the molecule is Cn1ncc(C(=O)N2CCC2)c1C(=O)Nc1ccn2cc(-c3cccc(-c4ccccc4)c3)nc2n1. The molecule has 0 spiro atoms. The van der Waals surface area contributed by atoms with Crippen LogP contribution in [-0.4, -0.2) is 54.0 Å². The van der Waals surface area contributed by atoms with Crippen LogP contribution in [0.25, 0.3) is 28.2 Å². The van der Waals surface area contributed by atoms with Gasteiger partial charge < -0.3 is 10.2 Å². The molecule has 1 fully saturated rings. The van der Waals surface area contributed by atoms with E-state index in [2.05, 4.69) is 44.6 Å². The molecule has 0 atom stereocenters. The number of benzene rings is 2. The molecule has 1 saturated heterocycles. The summed E-state index contributed by atoms with van der Waals surface area (Å²) >= 11 is 0. The Labute approximate surface area is 207 Å². The molecule has 9 heteroatoms. The summed E-state index contributed by atoms with van der Waals surface area (Å²) in [4.78, 5) is 36.7. The molecule has 4 heterocycles. The third-order valence-electron chi connectivity index (χ3n) is 6.36. The predicted molar refractivity (Wildman–Crippen MR) is 136 cm³/mol. The highest BCUT2D eigenvalue weighted by molar-refractivity contribution is 6.10. The second-order valence-electron chi connectivity index (χ2n) is 8.72. The molecule has 5 aromatic rings. The van der Waals surface area contributed by atoms with Gasteiger partial charge in [0.1, 0.15) is 11.5 Å². The topological polar surface area (TPSA) is 97.4 Å². The van der Waals surface area contributed by atoms with E-state index in [1.54, 1.807) is 24.2 Å². The fraction of sp³-hybridized carbons (Fsp3) is 0.148. The number of anilines is 1. The van der Waals surface area contributed by atoms with Gasteiger partial charge in [0, 0.05) is 38.1 Å². The Bertz CT molecular complexity index is 1600. The van der Waals surface area contributed by atoms with Gasteiger partial charge in [0.05, 0.1) is 17.5 Å². The van der Waals surface area contributed by atoms with Gasteiger partial charge in [0.15, 0.2) is 0 Å². The van der Waals surface area contributed by atoms with E-state index in [9.17, 15) is 9.59 Å². The molecule has 1 aliphatic heterocycles. The second-order valence-corrected chi connectivity index (χ2v) is 8.72. The Kier molecular flexibility index (Phi) is 5.29. The van der Waals surface area contributed by atoms with Crippen LogP contribution in [0.1, 0.15) is 27.3 Å². The van der Waals surface area contributed by atoms with Crippen molar-refractivity contribution in [1.29, 1.82) is 0 Å². The number of imidazole rings is 1. The smallest absolute Gasteiger partial charge is 0.275 e. The summed E-state index contributed by atoms with van der Waals surface area (Å²) < 4.78 is 3.22. The molecule has 0 bridgehead atoms. The lowest BCUT2D eigenvalue weighted by atomic mass is 10.0. The minimum atomic E-state index is -0.446. The highest BCUT2D eigenvalue weighted by atomic mass is 16.2. The Balaban J connectivity index is 1.26. The van der Waals surface area contributed by atoms with Crippen molar-refractivity contribution in [3.63, 3.8) is 0 Å². The summed E-state index contributed by atoms with van der Waals surface area (Å²) in [6.45, 7) is 1.40. The van der Waals surface area contributed by atoms with E-state index in [0.717, 1.165) is 28.8 Å². The summed E-state index contributed by atoms with van der Waals surface area (Å²) in [5.41, 5.74) is 4.47. The highest BCUT2D eigenvalue weighted by Gasteiger charge is 2.28. The maximum absolute atomic E-state index is 13.1. The zero-order chi connectivity index (χ0) is 24.6. The van der Waals surface area contributed by atoms with E-state index in [4.69, 9.17) is 0 Å². The predicted octanol–water partition coefficient (Wildman–Crippen LogP) is 3.90.